The molecule has 0 aliphatic heterocycles. The molecule has 0 unspecified atom stereocenters. The molecule has 9 rings (SSSR count). The minimum absolute atomic E-state index is 0.140. The van der Waals surface area contributed by atoms with Gasteiger partial charge in [-0.1, -0.05) is 104 Å². The first-order valence-corrected chi connectivity index (χ1v) is 22.1. The van der Waals surface area contributed by atoms with Crippen LogP contribution in [0.2, 0.25) is 0 Å². The van der Waals surface area contributed by atoms with Gasteiger partial charge in [0.05, 0.1) is 28.3 Å². The average molecular weight is 807 g/mol. The first-order chi connectivity index (χ1) is 27.8. The molecule has 1 aliphatic rings. The van der Waals surface area contributed by atoms with Gasteiger partial charge in [0.15, 0.2) is 5.65 Å². The highest BCUT2D eigenvalue weighted by Crippen LogP contribution is 2.46. The molecule has 0 amide bonds. The van der Waals surface area contributed by atoms with E-state index in [0.29, 0.717) is 21.5 Å². The van der Waals surface area contributed by atoms with Crippen molar-refractivity contribution >= 4 is 58.5 Å². The summed E-state index contributed by atoms with van der Waals surface area (Å²) in [5, 5.41) is 11.4. The van der Waals surface area contributed by atoms with Gasteiger partial charge in [0.2, 0.25) is 0 Å². The van der Waals surface area contributed by atoms with E-state index in [1.807, 2.05) is 24.3 Å². The first-order valence-electron chi connectivity index (χ1n) is 18.9. The first kappa shape index (κ1) is 39.1. The Bertz CT molecular complexity index is 2960. The maximum absolute atomic E-state index is 12.3. The Hall–Kier alpha value is -5.75. The minimum atomic E-state index is -4.73. The lowest BCUT2D eigenvalue weighted by atomic mass is 9.94. The van der Waals surface area contributed by atoms with Gasteiger partial charge in [-0.2, -0.15) is 5.26 Å². The normalized spacial score (nSPS) is 14.0. The summed E-state index contributed by atoms with van der Waals surface area (Å²) in [4.78, 5) is 49.7. The Morgan fingerprint density at radius 1 is 0.741 bits per heavy atom. The molecule has 0 saturated heterocycles. The number of pyridine rings is 1. The van der Waals surface area contributed by atoms with Gasteiger partial charge >= 0.3 is 15.2 Å². The Morgan fingerprint density at radius 2 is 1.33 bits per heavy atom. The van der Waals surface area contributed by atoms with Gasteiger partial charge in [0, 0.05) is 23.2 Å². The molecule has 2 aromatic heterocycles. The topological polar surface area (TPSA) is 170 Å². The number of imidazole rings is 1. The van der Waals surface area contributed by atoms with E-state index in [1.165, 1.54) is 28.8 Å². The molecule has 0 fully saturated rings. The molecule has 2 heterocycles. The van der Waals surface area contributed by atoms with Crippen LogP contribution in [0, 0.1) is 25.2 Å². The molecule has 58 heavy (non-hydrogen) atoms. The van der Waals surface area contributed by atoms with Crippen LogP contribution in [0.15, 0.2) is 121 Å². The van der Waals surface area contributed by atoms with E-state index in [9.17, 15) is 34.0 Å². The van der Waals surface area contributed by atoms with E-state index >= 15 is 0 Å². The molecule has 10 nitrogen and oxygen atoms in total. The summed E-state index contributed by atoms with van der Waals surface area (Å²) in [6.07, 6.45) is 2.95. The van der Waals surface area contributed by atoms with Crippen LogP contribution >= 0.6 is 15.2 Å². The Labute approximate surface area is 335 Å². The summed E-state index contributed by atoms with van der Waals surface area (Å²) in [5.74, 6) is 1.10. The minimum Gasteiger partial charge on any atom is -0.321 e. The molecule has 1 atom stereocenters. The predicted octanol–water partition coefficient (Wildman–Crippen LogP) is 8.95. The van der Waals surface area contributed by atoms with Crippen molar-refractivity contribution < 1.29 is 28.7 Å². The van der Waals surface area contributed by atoms with Gasteiger partial charge in [0.1, 0.15) is 11.3 Å². The number of aryl methyl sites for hydroxylation is 4. The monoisotopic (exact) mass is 806 g/mol. The van der Waals surface area contributed by atoms with E-state index in [4.69, 9.17) is 9.97 Å². The molecule has 0 bridgehead atoms. The third kappa shape index (κ3) is 7.08. The van der Waals surface area contributed by atoms with Crippen molar-refractivity contribution in [2.75, 3.05) is 0 Å². The number of hydrogen-bond donors (Lipinski definition) is 4. The summed E-state index contributed by atoms with van der Waals surface area (Å²) in [5.41, 5.74) is 10.1. The summed E-state index contributed by atoms with van der Waals surface area (Å²) < 4.78 is 26.9. The molecule has 4 N–H and O–H groups in total. The fraction of sp³-hybridized carbons (Fsp3) is 0.152. The van der Waals surface area contributed by atoms with Crippen molar-refractivity contribution in [2.24, 2.45) is 0 Å². The lowest BCUT2D eigenvalue weighted by Crippen LogP contribution is -2.15. The van der Waals surface area contributed by atoms with Crippen LogP contribution in [0.25, 0.3) is 55.0 Å². The van der Waals surface area contributed by atoms with Crippen LogP contribution in [0.3, 0.4) is 0 Å². The van der Waals surface area contributed by atoms with Crippen molar-refractivity contribution in [2.45, 2.75) is 46.1 Å². The summed E-state index contributed by atoms with van der Waals surface area (Å²) in [7, 11) is -9.46. The SMILES string of the molecule is CCc1nc2c(C)cc(C)nc2n1[C@@H]1CCc2cc(-c3ccccc3C#N)ccc21.O=P(O)(O)c1ccc2ccccc2c1-c1c(P(=O)(O)O)ccc2ccccc12. The van der Waals surface area contributed by atoms with E-state index in [2.05, 4.69) is 55.7 Å². The molecule has 6 aromatic carbocycles. The number of nitrogens with zero attached hydrogens (tertiary/aromatic N) is 4. The number of hydrogen-bond acceptors (Lipinski definition) is 5. The number of aromatic nitrogens is 3. The maximum Gasteiger partial charge on any atom is 0.356 e. The van der Waals surface area contributed by atoms with Crippen LogP contribution < -0.4 is 10.6 Å². The van der Waals surface area contributed by atoms with Gasteiger partial charge in [-0.05, 0) is 100 Å². The molecular formula is C46H40N4O6P2. The van der Waals surface area contributed by atoms with Crippen molar-refractivity contribution in [3.8, 4) is 28.3 Å². The lowest BCUT2D eigenvalue weighted by molar-refractivity contribution is 0.385. The standard InChI is InChI=1S/C26H24N4.C20H16O6P2/c1-4-24-29-25-16(2)13-17(3)28-26(25)30(24)23-12-10-19-14-18(9-11-22(19)23)21-8-6-5-7-20(21)15-27;21-27(22,23)17-11-9-13-5-1-3-7-15(13)19(17)20-16-8-4-2-6-14(16)10-12-18(20)28(24,25)26/h5-9,11,13-14,23H,4,10,12H2,1-3H3;1-12H,(H2,21,22,23)(H2,24,25,26)/t23-;/m1./s1. The molecule has 12 heteroatoms. The van der Waals surface area contributed by atoms with Crippen molar-refractivity contribution in [3.63, 3.8) is 0 Å². The smallest absolute Gasteiger partial charge is 0.321 e. The fourth-order valence-electron chi connectivity index (χ4n) is 8.39. The van der Waals surface area contributed by atoms with Crippen LogP contribution in [0.5, 0.6) is 0 Å². The second-order valence-electron chi connectivity index (χ2n) is 14.6. The lowest BCUT2D eigenvalue weighted by Gasteiger charge is -2.20. The highest BCUT2D eigenvalue weighted by molar-refractivity contribution is 7.61. The second kappa shape index (κ2) is 15.2. The van der Waals surface area contributed by atoms with E-state index in [1.54, 1.807) is 60.7 Å². The highest BCUT2D eigenvalue weighted by atomic mass is 31.2. The zero-order chi connectivity index (χ0) is 40.9. The van der Waals surface area contributed by atoms with Crippen molar-refractivity contribution in [1.82, 2.24) is 14.5 Å². The van der Waals surface area contributed by atoms with E-state index in [-0.39, 0.29) is 27.8 Å². The fourth-order valence-corrected chi connectivity index (χ4v) is 9.98. The number of fused-ring (bicyclic) bond motifs is 4. The second-order valence-corrected chi connectivity index (χ2v) is 17.7. The Balaban J connectivity index is 0.000000162. The summed E-state index contributed by atoms with van der Waals surface area (Å²) in [6, 6.07) is 39.0. The van der Waals surface area contributed by atoms with Gasteiger partial charge < -0.3 is 24.1 Å². The number of rotatable bonds is 6. The zero-order valence-corrected chi connectivity index (χ0v) is 33.8. The quantitative estimate of drug-likeness (QED) is 0.120. The largest absolute Gasteiger partial charge is 0.356 e. The Morgan fingerprint density at radius 3 is 1.91 bits per heavy atom. The average Bonchev–Trinajstić information content (AvgIpc) is 3.80. The molecule has 0 radical (unpaired) electrons. The zero-order valence-electron chi connectivity index (χ0n) is 32.0. The van der Waals surface area contributed by atoms with Crippen LogP contribution in [-0.4, -0.2) is 34.1 Å². The molecule has 0 spiro atoms. The molecule has 290 valence electrons. The summed E-state index contributed by atoms with van der Waals surface area (Å²) >= 11 is 0. The van der Waals surface area contributed by atoms with Crippen LogP contribution in [0.1, 0.15) is 53.2 Å². The third-order valence-corrected chi connectivity index (χ3v) is 12.9. The van der Waals surface area contributed by atoms with E-state index < -0.39 is 15.2 Å². The third-order valence-electron chi connectivity index (χ3n) is 10.9. The Kier molecular flexibility index (Phi) is 10.2. The number of nitriles is 1. The maximum atomic E-state index is 12.3. The highest BCUT2D eigenvalue weighted by Gasteiger charge is 2.31. The van der Waals surface area contributed by atoms with Gasteiger partial charge in [-0.15, -0.1) is 0 Å². The van der Waals surface area contributed by atoms with Gasteiger partial charge in [-0.25, -0.2) is 9.97 Å². The van der Waals surface area contributed by atoms with E-state index in [0.717, 1.165) is 58.6 Å². The molecule has 0 saturated carbocycles. The van der Waals surface area contributed by atoms with Crippen molar-refractivity contribution in [1.29, 1.82) is 5.26 Å². The number of benzene rings is 6. The van der Waals surface area contributed by atoms with Gasteiger partial charge in [-0.3, -0.25) is 9.13 Å². The van der Waals surface area contributed by atoms with Crippen molar-refractivity contribution in [3.05, 3.63) is 155 Å². The van der Waals surface area contributed by atoms with Gasteiger partial charge in [0.25, 0.3) is 0 Å². The molecule has 1 aliphatic carbocycles. The summed E-state index contributed by atoms with van der Waals surface area (Å²) in [6.45, 7) is 6.34. The predicted molar refractivity (Wildman–Crippen MR) is 230 cm³/mol. The molecular weight excluding hydrogens is 766 g/mol. The molecule has 8 aromatic rings. The van der Waals surface area contributed by atoms with Crippen LogP contribution in [-0.2, 0) is 22.0 Å². The van der Waals surface area contributed by atoms with Crippen LogP contribution in [0.4, 0.5) is 0 Å².